The first-order chi connectivity index (χ1) is 9.00. The van der Waals surface area contributed by atoms with Gasteiger partial charge in [-0.3, -0.25) is 0 Å². The molecule has 1 N–H and O–H groups in total. The van der Waals surface area contributed by atoms with Gasteiger partial charge in [-0.1, -0.05) is 37.6 Å². The maximum atomic E-state index is 6.10. The van der Waals surface area contributed by atoms with Crippen molar-refractivity contribution < 1.29 is 0 Å². The molecule has 1 aromatic rings. The molecule has 1 fully saturated rings. The summed E-state index contributed by atoms with van der Waals surface area (Å²) in [5, 5.41) is 4.22. The summed E-state index contributed by atoms with van der Waals surface area (Å²) >= 11 is 6.10. The molecule has 2 unspecified atom stereocenters. The van der Waals surface area contributed by atoms with E-state index in [4.69, 9.17) is 11.6 Å². The van der Waals surface area contributed by atoms with E-state index >= 15 is 0 Å². The quantitative estimate of drug-likeness (QED) is 0.853. The highest BCUT2D eigenvalue weighted by Gasteiger charge is 2.34. The van der Waals surface area contributed by atoms with E-state index in [9.17, 15) is 0 Å². The van der Waals surface area contributed by atoms with Gasteiger partial charge in [-0.05, 0) is 74.2 Å². The van der Waals surface area contributed by atoms with Gasteiger partial charge in [0.2, 0.25) is 0 Å². The summed E-state index contributed by atoms with van der Waals surface area (Å²) in [5.41, 5.74) is 1.88. The molecule has 106 valence electrons. The Hall–Kier alpha value is -0.530. The van der Waals surface area contributed by atoms with Crippen molar-refractivity contribution in [1.82, 2.24) is 5.32 Å². The predicted octanol–water partition coefficient (Wildman–Crippen LogP) is 4.54. The van der Waals surface area contributed by atoms with Crippen molar-refractivity contribution in [2.24, 2.45) is 17.3 Å². The molecule has 1 aliphatic rings. The van der Waals surface area contributed by atoms with Gasteiger partial charge in [-0.25, -0.2) is 0 Å². The van der Waals surface area contributed by atoms with E-state index in [1.54, 1.807) is 0 Å². The molecule has 0 radical (unpaired) electrons. The van der Waals surface area contributed by atoms with E-state index in [0.717, 1.165) is 29.8 Å². The minimum Gasteiger partial charge on any atom is -0.319 e. The molecule has 0 aliphatic heterocycles. The van der Waals surface area contributed by atoms with Crippen LogP contribution in [0.5, 0.6) is 0 Å². The lowest BCUT2D eigenvalue weighted by Gasteiger charge is -2.41. The second-order valence-electron chi connectivity index (χ2n) is 6.82. The van der Waals surface area contributed by atoms with Gasteiger partial charge >= 0.3 is 0 Å². The van der Waals surface area contributed by atoms with Crippen LogP contribution in [0.1, 0.15) is 38.7 Å². The van der Waals surface area contributed by atoms with Gasteiger partial charge in [0.15, 0.2) is 0 Å². The maximum Gasteiger partial charge on any atom is 0.0408 e. The molecule has 1 aliphatic carbocycles. The maximum absolute atomic E-state index is 6.10. The lowest BCUT2D eigenvalue weighted by molar-refractivity contribution is 0.117. The van der Waals surface area contributed by atoms with Gasteiger partial charge in [0, 0.05) is 5.02 Å². The molecule has 0 spiro atoms. The highest BCUT2D eigenvalue weighted by molar-refractivity contribution is 6.30. The molecule has 2 heteroatoms. The summed E-state index contributed by atoms with van der Waals surface area (Å²) in [7, 11) is 2.07. The van der Waals surface area contributed by atoms with Gasteiger partial charge in [0.25, 0.3) is 0 Å². The van der Waals surface area contributed by atoms with Crippen LogP contribution in [0.15, 0.2) is 24.3 Å². The zero-order valence-electron chi connectivity index (χ0n) is 12.4. The standard InChI is InChI=1S/C17H26ClN/c1-17(2)8-7-14(12-19-3)15(11-17)9-13-5-4-6-16(18)10-13/h4-6,10,14-15,19H,7-9,11-12H2,1-3H3. The van der Waals surface area contributed by atoms with Crippen molar-refractivity contribution in [2.45, 2.75) is 39.5 Å². The summed E-state index contributed by atoms with van der Waals surface area (Å²) in [4.78, 5) is 0. The summed E-state index contributed by atoms with van der Waals surface area (Å²) in [6.45, 7) is 5.96. The van der Waals surface area contributed by atoms with Crippen molar-refractivity contribution in [3.8, 4) is 0 Å². The Balaban J connectivity index is 2.09. The molecular formula is C17H26ClN. The van der Waals surface area contributed by atoms with E-state index < -0.39 is 0 Å². The van der Waals surface area contributed by atoms with Crippen molar-refractivity contribution in [3.63, 3.8) is 0 Å². The lowest BCUT2D eigenvalue weighted by atomic mass is 9.65. The highest BCUT2D eigenvalue weighted by Crippen LogP contribution is 2.43. The van der Waals surface area contributed by atoms with Crippen molar-refractivity contribution in [3.05, 3.63) is 34.9 Å². The van der Waals surface area contributed by atoms with Crippen molar-refractivity contribution in [2.75, 3.05) is 13.6 Å². The Morgan fingerprint density at radius 3 is 2.79 bits per heavy atom. The number of hydrogen-bond donors (Lipinski definition) is 1. The number of nitrogens with one attached hydrogen (secondary N) is 1. The third kappa shape index (κ3) is 4.22. The van der Waals surface area contributed by atoms with Crippen LogP contribution in [0.25, 0.3) is 0 Å². The van der Waals surface area contributed by atoms with E-state index in [0.29, 0.717) is 5.41 Å². The van der Waals surface area contributed by atoms with Crippen LogP contribution in [-0.4, -0.2) is 13.6 Å². The van der Waals surface area contributed by atoms with Crippen molar-refractivity contribution >= 4 is 11.6 Å². The first-order valence-electron chi connectivity index (χ1n) is 7.39. The molecule has 0 heterocycles. The summed E-state index contributed by atoms with van der Waals surface area (Å²) in [5.74, 6) is 1.58. The van der Waals surface area contributed by atoms with Gasteiger partial charge in [-0.15, -0.1) is 0 Å². The van der Waals surface area contributed by atoms with Crippen LogP contribution in [0.3, 0.4) is 0 Å². The fourth-order valence-corrected chi connectivity index (χ4v) is 3.74. The molecule has 0 bridgehead atoms. The first kappa shape index (κ1) is 14.9. The number of rotatable bonds is 4. The van der Waals surface area contributed by atoms with Gasteiger partial charge in [-0.2, -0.15) is 0 Å². The molecule has 0 aromatic heterocycles. The second kappa shape index (κ2) is 6.28. The average Bonchev–Trinajstić information content (AvgIpc) is 2.32. The highest BCUT2D eigenvalue weighted by atomic mass is 35.5. The molecule has 0 amide bonds. The number of hydrogen-bond acceptors (Lipinski definition) is 1. The minimum atomic E-state index is 0.494. The van der Waals surface area contributed by atoms with Crippen LogP contribution < -0.4 is 5.32 Å². The summed E-state index contributed by atoms with van der Waals surface area (Å²) in [6.07, 6.45) is 5.19. The SMILES string of the molecule is CNCC1CCC(C)(C)CC1Cc1cccc(Cl)c1. The monoisotopic (exact) mass is 279 g/mol. The Morgan fingerprint density at radius 2 is 2.11 bits per heavy atom. The molecule has 1 aromatic carbocycles. The third-order valence-corrected chi connectivity index (χ3v) is 4.76. The molecular weight excluding hydrogens is 254 g/mol. The van der Waals surface area contributed by atoms with Crippen LogP contribution in [0.2, 0.25) is 5.02 Å². The van der Waals surface area contributed by atoms with Crippen LogP contribution in [0, 0.1) is 17.3 Å². The number of benzene rings is 1. The summed E-state index contributed by atoms with van der Waals surface area (Å²) < 4.78 is 0. The summed E-state index contributed by atoms with van der Waals surface area (Å²) in [6, 6.07) is 8.36. The zero-order chi connectivity index (χ0) is 13.9. The Morgan fingerprint density at radius 1 is 1.32 bits per heavy atom. The fraction of sp³-hybridized carbons (Fsp3) is 0.647. The van der Waals surface area contributed by atoms with Crippen LogP contribution >= 0.6 is 11.6 Å². The van der Waals surface area contributed by atoms with E-state index in [1.807, 2.05) is 6.07 Å². The molecule has 1 saturated carbocycles. The van der Waals surface area contributed by atoms with E-state index in [2.05, 4.69) is 44.4 Å². The normalized spacial score (nSPS) is 26.3. The Kier molecular flexibility index (Phi) is 4.92. The van der Waals surface area contributed by atoms with E-state index in [-0.39, 0.29) is 0 Å². The van der Waals surface area contributed by atoms with Gasteiger partial charge < -0.3 is 5.32 Å². The predicted molar refractivity (Wildman–Crippen MR) is 83.7 cm³/mol. The molecule has 0 saturated heterocycles. The second-order valence-corrected chi connectivity index (χ2v) is 7.26. The fourth-order valence-electron chi connectivity index (χ4n) is 3.53. The van der Waals surface area contributed by atoms with Gasteiger partial charge in [0.05, 0.1) is 0 Å². The minimum absolute atomic E-state index is 0.494. The molecule has 2 rings (SSSR count). The average molecular weight is 280 g/mol. The Bertz CT molecular complexity index is 413. The van der Waals surface area contributed by atoms with Crippen LogP contribution in [-0.2, 0) is 6.42 Å². The lowest BCUT2D eigenvalue weighted by Crippen LogP contribution is -2.36. The smallest absolute Gasteiger partial charge is 0.0408 e. The number of halogens is 1. The van der Waals surface area contributed by atoms with Crippen LogP contribution in [0.4, 0.5) is 0 Å². The topological polar surface area (TPSA) is 12.0 Å². The first-order valence-corrected chi connectivity index (χ1v) is 7.77. The largest absolute Gasteiger partial charge is 0.319 e. The van der Waals surface area contributed by atoms with Crippen molar-refractivity contribution in [1.29, 1.82) is 0 Å². The third-order valence-electron chi connectivity index (χ3n) is 4.53. The molecule has 1 nitrogen and oxygen atoms in total. The molecule has 19 heavy (non-hydrogen) atoms. The molecule has 2 atom stereocenters. The Labute approximate surface area is 122 Å². The zero-order valence-corrected chi connectivity index (χ0v) is 13.1. The van der Waals surface area contributed by atoms with E-state index in [1.165, 1.54) is 24.8 Å². The van der Waals surface area contributed by atoms with Gasteiger partial charge in [0.1, 0.15) is 0 Å².